The quantitative estimate of drug-likeness (QED) is 0.867. The molecule has 0 bridgehead atoms. The topological polar surface area (TPSA) is 80.8 Å². The van der Waals surface area contributed by atoms with Gasteiger partial charge in [0.1, 0.15) is 5.69 Å². The maximum atomic E-state index is 13.0. The molecular weight excluding hydrogens is 308 g/mol. The van der Waals surface area contributed by atoms with Crippen molar-refractivity contribution in [3.8, 4) is 0 Å². The van der Waals surface area contributed by atoms with Crippen LogP contribution in [-0.4, -0.2) is 71.6 Å². The Hall–Kier alpha value is -1.86. The highest BCUT2D eigenvalue weighted by atomic mass is 16.5. The van der Waals surface area contributed by atoms with Gasteiger partial charge in [-0.3, -0.25) is 14.5 Å². The lowest BCUT2D eigenvalue weighted by Gasteiger charge is -2.39. The third-order valence-electron chi connectivity index (χ3n) is 4.97. The molecule has 2 amide bonds. The van der Waals surface area contributed by atoms with Crippen LogP contribution in [0.25, 0.3) is 0 Å². The summed E-state index contributed by atoms with van der Waals surface area (Å²) in [6, 6.07) is 1.82. The molecule has 7 nitrogen and oxygen atoms in total. The van der Waals surface area contributed by atoms with Gasteiger partial charge < -0.3 is 19.9 Å². The van der Waals surface area contributed by atoms with Crippen LogP contribution in [0.2, 0.25) is 0 Å². The number of carbonyl (C=O) groups is 2. The van der Waals surface area contributed by atoms with E-state index in [4.69, 9.17) is 10.5 Å². The Kier molecular flexibility index (Phi) is 5.20. The van der Waals surface area contributed by atoms with E-state index in [1.807, 2.05) is 4.90 Å². The lowest BCUT2D eigenvalue weighted by Crippen LogP contribution is -2.51. The minimum atomic E-state index is -0.506. The molecule has 1 atom stereocenters. The average Bonchev–Trinajstić information content (AvgIpc) is 2.98. The van der Waals surface area contributed by atoms with Crippen molar-refractivity contribution in [2.24, 2.45) is 12.8 Å². The number of nitrogens with two attached hydrogens (primary N) is 1. The summed E-state index contributed by atoms with van der Waals surface area (Å²) in [6.45, 7) is 5.04. The van der Waals surface area contributed by atoms with Gasteiger partial charge in [-0.15, -0.1) is 0 Å². The number of primary amides is 1. The van der Waals surface area contributed by atoms with Gasteiger partial charge in [0.05, 0.1) is 18.8 Å². The molecule has 2 saturated heterocycles. The van der Waals surface area contributed by atoms with Gasteiger partial charge in [-0.05, 0) is 25.3 Å². The number of nitrogens with zero attached hydrogens (tertiary/aromatic N) is 3. The number of hydrogen-bond acceptors (Lipinski definition) is 4. The lowest BCUT2D eigenvalue weighted by atomic mass is 10.0. The smallest absolute Gasteiger partial charge is 0.270 e. The minimum absolute atomic E-state index is 0.0111. The molecule has 1 aromatic heterocycles. The summed E-state index contributed by atoms with van der Waals surface area (Å²) in [5.41, 5.74) is 6.23. The molecule has 0 aromatic carbocycles. The first-order valence-corrected chi connectivity index (χ1v) is 8.63. The maximum absolute atomic E-state index is 13.0. The predicted molar refractivity (Wildman–Crippen MR) is 89.9 cm³/mol. The van der Waals surface area contributed by atoms with E-state index in [0.717, 1.165) is 58.7 Å². The van der Waals surface area contributed by atoms with E-state index in [0.29, 0.717) is 11.3 Å². The van der Waals surface area contributed by atoms with Crippen molar-refractivity contribution in [2.45, 2.75) is 25.3 Å². The van der Waals surface area contributed by atoms with Crippen LogP contribution >= 0.6 is 0 Å². The number of aromatic nitrogens is 1. The number of hydrogen-bond donors (Lipinski definition) is 1. The van der Waals surface area contributed by atoms with Crippen molar-refractivity contribution < 1.29 is 14.3 Å². The summed E-state index contributed by atoms with van der Waals surface area (Å²) in [6.07, 6.45) is 4.82. The van der Waals surface area contributed by atoms with Crippen LogP contribution in [-0.2, 0) is 11.8 Å². The summed E-state index contributed by atoms with van der Waals surface area (Å²) >= 11 is 0. The molecular formula is C17H26N4O3. The molecule has 1 aromatic rings. The number of carbonyl (C=O) groups excluding carboxylic acids is 2. The summed E-state index contributed by atoms with van der Waals surface area (Å²) in [4.78, 5) is 28.7. The van der Waals surface area contributed by atoms with Gasteiger partial charge in [0, 0.05) is 45.5 Å². The first-order chi connectivity index (χ1) is 11.6. The number of ether oxygens (including phenoxy) is 1. The molecule has 0 radical (unpaired) electrons. The Morgan fingerprint density at radius 3 is 2.67 bits per heavy atom. The monoisotopic (exact) mass is 334 g/mol. The Morgan fingerprint density at radius 1 is 1.25 bits per heavy atom. The Labute approximate surface area is 142 Å². The molecule has 0 aliphatic carbocycles. The largest absolute Gasteiger partial charge is 0.379 e. The van der Waals surface area contributed by atoms with Crippen molar-refractivity contribution in [3.63, 3.8) is 0 Å². The molecule has 1 unspecified atom stereocenters. The molecule has 3 rings (SSSR count). The van der Waals surface area contributed by atoms with Crippen molar-refractivity contribution in [2.75, 3.05) is 39.4 Å². The molecule has 0 saturated carbocycles. The van der Waals surface area contributed by atoms with Gasteiger partial charge in [0.15, 0.2) is 0 Å². The number of piperidine rings is 1. The maximum Gasteiger partial charge on any atom is 0.270 e. The molecule has 2 aliphatic heterocycles. The fourth-order valence-electron chi connectivity index (χ4n) is 3.60. The van der Waals surface area contributed by atoms with Crippen molar-refractivity contribution in [3.05, 3.63) is 23.5 Å². The highest BCUT2D eigenvalue weighted by Gasteiger charge is 2.30. The molecule has 2 fully saturated rings. The Balaban J connectivity index is 1.74. The highest BCUT2D eigenvalue weighted by molar-refractivity contribution is 5.98. The second kappa shape index (κ2) is 7.36. The van der Waals surface area contributed by atoms with Crippen LogP contribution in [0.3, 0.4) is 0 Å². The standard InChI is InChI=1S/C17H26N4O3/c1-19-11-13(16(18)22)10-15(19)17(23)21-5-3-2-4-14(21)12-20-6-8-24-9-7-20/h10-11,14H,2-9,12H2,1H3,(H2,18,22). The summed E-state index contributed by atoms with van der Waals surface area (Å²) in [5, 5.41) is 0. The lowest BCUT2D eigenvalue weighted by molar-refractivity contribution is 0.0164. The van der Waals surface area contributed by atoms with Crippen molar-refractivity contribution >= 4 is 11.8 Å². The van der Waals surface area contributed by atoms with Crippen LogP contribution < -0.4 is 5.73 Å². The van der Waals surface area contributed by atoms with E-state index >= 15 is 0 Å². The number of aryl methyl sites for hydroxylation is 1. The minimum Gasteiger partial charge on any atom is -0.379 e. The van der Waals surface area contributed by atoms with Crippen molar-refractivity contribution in [1.82, 2.24) is 14.4 Å². The van der Waals surface area contributed by atoms with Crippen LogP contribution in [0.15, 0.2) is 12.3 Å². The van der Waals surface area contributed by atoms with E-state index < -0.39 is 5.91 Å². The molecule has 2 N–H and O–H groups in total. The molecule has 3 heterocycles. The molecule has 0 spiro atoms. The second-order valence-corrected chi connectivity index (χ2v) is 6.65. The number of likely N-dealkylation sites (tertiary alicyclic amines) is 1. The number of rotatable bonds is 4. The number of amides is 2. The zero-order valence-corrected chi connectivity index (χ0v) is 14.2. The van der Waals surface area contributed by atoms with E-state index in [1.165, 1.54) is 0 Å². The van der Waals surface area contributed by atoms with Crippen LogP contribution in [0.5, 0.6) is 0 Å². The normalized spacial score (nSPS) is 22.5. The van der Waals surface area contributed by atoms with Gasteiger partial charge in [-0.1, -0.05) is 0 Å². The zero-order valence-electron chi connectivity index (χ0n) is 14.2. The van der Waals surface area contributed by atoms with Gasteiger partial charge in [0.25, 0.3) is 5.91 Å². The molecule has 132 valence electrons. The first kappa shape index (κ1) is 17.0. The number of morpholine rings is 1. The third-order valence-corrected chi connectivity index (χ3v) is 4.97. The van der Waals surface area contributed by atoms with Crippen LogP contribution in [0.4, 0.5) is 0 Å². The predicted octanol–water partition coefficient (Wildman–Crippen LogP) is 0.451. The van der Waals surface area contributed by atoms with Crippen molar-refractivity contribution in [1.29, 1.82) is 0 Å². The average molecular weight is 334 g/mol. The van der Waals surface area contributed by atoms with E-state index in [2.05, 4.69) is 4.90 Å². The fraction of sp³-hybridized carbons (Fsp3) is 0.647. The molecule has 7 heteroatoms. The first-order valence-electron chi connectivity index (χ1n) is 8.63. The van der Waals surface area contributed by atoms with Crippen LogP contribution in [0.1, 0.15) is 40.1 Å². The zero-order chi connectivity index (χ0) is 17.1. The van der Waals surface area contributed by atoms with E-state index in [9.17, 15) is 9.59 Å². The van der Waals surface area contributed by atoms with Gasteiger partial charge in [-0.25, -0.2) is 0 Å². The fourth-order valence-corrected chi connectivity index (χ4v) is 3.60. The molecule has 24 heavy (non-hydrogen) atoms. The van der Waals surface area contributed by atoms with Crippen LogP contribution in [0, 0.1) is 0 Å². The second-order valence-electron chi connectivity index (χ2n) is 6.65. The van der Waals surface area contributed by atoms with E-state index in [1.54, 1.807) is 23.9 Å². The Bertz CT molecular complexity index is 607. The third kappa shape index (κ3) is 3.62. The Morgan fingerprint density at radius 2 is 2.00 bits per heavy atom. The summed E-state index contributed by atoms with van der Waals surface area (Å²) < 4.78 is 7.10. The molecule has 2 aliphatic rings. The SMILES string of the molecule is Cn1cc(C(N)=O)cc1C(=O)N1CCCCC1CN1CCOCC1. The summed E-state index contributed by atoms with van der Waals surface area (Å²) in [5.74, 6) is -0.517. The van der Waals surface area contributed by atoms with Gasteiger partial charge in [-0.2, -0.15) is 0 Å². The summed E-state index contributed by atoms with van der Waals surface area (Å²) in [7, 11) is 1.78. The highest BCUT2D eigenvalue weighted by Crippen LogP contribution is 2.22. The van der Waals surface area contributed by atoms with E-state index in [-0.39, 0.29) is 11.9 Å². The van der Waals surface area contributed by atoms with Gasteiger partial charge in [0.2, 0.25) is 5.91 Å². The van der Waals surface area contributed by atoms with Gasteiger partial charge >= 0.3 is 0 Å².